The molecule has 1 aliphatic rings. The second-order valence-electron chi connectivity index (χ2n) is 7.80. The number of nitrogens with zero attached hydrogens (tertiary/aromatic N) is 1. The predicted molar refractivity (Wildman–Crippen MR) is 124 cm³/mol. The van der Waals surface area contributed by atoms with Gasteiger partial charge in [-0.1, -0.05) is 17.7 Å². The molecule has 4 rings (SSSR count). The second-order valence-corrected chi connectivity index (χ2v) is 7.80. The SMILES string of the molecule is Cc1cc(COc2ccc(C(=N)N)cc2)cc(COc2ccc(C3=NCCC3)cc2)c1. The molecular weight excluding hydrogens is 386 g/mol. The van der Waals surface area contributed by atoms with Crippen molar-refractivity contribution in [3.8, 4) is 11.5 Å². The van der Waals surface area contributed by atoms with Gasteiger partial charge in [-0.15, -0.1) is 0 Å². The lowest BCUT2D eigenvalue weighted by Crippen LogP contribution is -2.10. The lowest BCUT2D eigenvalue weighted by Gasteiger charge is -2.11. The van der Waals surface area contributed by atoms with E-state index < -0.39 is 0 Å². The Hall–Kier alpha value is -3.60. The first-order valence-corrected chi connectivity index (χ1v) is 10.5. The fourth-order valence-electron chi connectivity index (χ4n) is 3.70. The molecule has 0 bridgehead atoms. The van der Waals surface area contributed by atoms with Crippen molar-refractivity contribution in [3.63, 3.8) is 0 Å². The molecule has 0 aromatic heterocycles. The van der Waals surface area contributed by atoms with Crippen LogP contribution < -0.4 is 15.2 Å². The summed E-state index contributed by atoms with van der Waals surface area (Å²) in [7, 11) is 0. The summed E-state index contributed by atoms with van der Waals surface area (Å²) >= 11 is 0. The molecule has 1 aliphatic heterocycles. The van der Waals surface area contributed by atoms with E-state index in [9.17, 15) is 0 Å². The van der Waals surface area contributed by atoms with Crippen LogP contribution in [0.4, 0.5) is 0 Å². The number of nitrogen functional groups attached to an aromatic ring is 1. The molecule has 0 saturated heterocycles. The molecule has 31 heavy (non-hydrogen) atoms. The summed E-state index contributed by atoms with van der Waals surface area (Å²) < 4.78 is 11.9. The summed E-state index contributed by atoms with van der Waals surface area (Å²) in [5, 5.41) is 7.46. The first-order valence-electron chi connectivity index (χ1n) is 10.5. The van der Waals surface area contributed by atoms with Crippen molar-refractivity contribution in [1.82, 2.24) is 0 Å². The minimum absolute atomic E-state index is 0.0526. The number of ether oxygens (including phenoxy) is 2. The van der Waals surface area contributed by atoms with Crippen LogP contribution in [0.5, 0.6) is 11.5 Å². The molecule has 5 nitrogen and oxygen atoms in total. The molecule has 3 aromatic carbocycles. The van der Waals surface area contributed by atoms with E-state index in [1.165, 1.54) is 16.8 Å². The average Bonchev–Trinajstić information content (AvgIpc) is 3.32. The van der Waals surface area contributed by atoms with Gasteiger partial charge in [-0.25, -0.2) is 0 Å². The molecule has 0 radical (unpaired) electrons. The molecule has 5 heteroatoms. The number of aryl methyl sites for hydroxylation is 1. The molecule has 1 heterocycles. The van der Waals surface area contributed by atoms with Crippen molar-refractivity contribution in [2.24, 2.45) is 10.7 Å². The molecule has 0 saturated carbocycles. The Morgan fingerprint density at radius 3 is 2.00 bits per heavy atom. The van der Waals surface area contributed by atoms with Gasteiger partial charge in [-0.3, -0.25) is 10.4 Å². The summed E-state index contributed by atoms with van der Waals surface area (Å²) in [5.41, 5.74) is 11.9. The first kappa shape index (κ1) is 20.7. The van der Waals surface area contributed by atoms with Gasteiger partial charge < -0.3 is 15.2 Å². The second kappa shape index (κ2) is 9.47. The van der Waals surface area contributed by atoms with Crippen LogP contribution in [0.2, 0.25) is 0 Å². The molecule has 3 aromatic rings. The number of hydrogen-bond donors (Lipinski definition) is 2. The maximum absolute atomic E-state index is 7.46. The summed E-state index contributed by atoms with van der Waals surface area (Å²) in [5.74, 6) is 1.65. The number of hydrogen-bond acceptors (Lipinski definition) is 4. The Morgan fingerprint density at radius 1 is 0.903 bits per heavy atom. The highest BCUT2D eigenvalue weighted by atomic mass is 16.5. The van der Waals surface area contributed by atoms with Crippen LogP contribution in [-0.2, 0) is 13.2 Å². The van der Waals surface area contributed by atoms with Gasteiger partial charge in [0.15, 0.2) is 0 Å². The van der Waals surface area contributed by atoms with Crippen LogP contribution in [0.3, 0.4) is 0 Å². The van der Waals surface area contributed by atoms with Gasteiger partial charge in [0.25, 0.3) is 0 Å². The molecule has 0 fully saturated rings. The van der Waals surface area contributed by atoms with Crippen molar-refractivity contribution in [2.45, 2.75) is 33.0 Å². The van der Waals surface area contributed by atoms with Crippen molar-refractivity contribution in [2.75, 3.05) is 6.54 Å². The number of nitrogens with two attached hydrogens (primary N) is 1. The highest BCUT2D eigenvalue weighted by Gasteiger charge is 2.09. The monoisotopic (exact) mass is 413 g/mol. The molecule has 3 N–H and O–H groups in total. The largest absolute Gasteiger partial charge is 0.489 e. The molecule has 158 valence electrons. The number of amidine groups is 1. The minimum atomic E-state index is 0.0526. The summed E-state index contributed by atoms with van der Waals surface area (Å²) in [6.45, 7) is 3.98. The minimum Gasteiger partial charge on any atom is -0.489 e. The molecule has 0 spiro atoms. The van der Waals surface area contributed by atoms with E-state index in [2.05, 4.69) is 42.2 Å². The van der Waals surface area contributed by atoms with E-state index in [4.69, 9.17) is 20.6 Å². The third-order valence-electron chi connectivity index (χ3n) is 5.24. The summed E-state index contributed by atoms with van der Waals surface area (Å²) in [4.78, 5) is 4.55. The predicted octanol–water partition coefficient (Wildman–Crippen LogP) is 5.02. The van der Waals surface area contributed by atoms with Gasteiger partial charge in [0.05, 0.1) is 0 Å². The lowest BCUT2D eigenvalue weighted by atomic mass is 10.1. The topological polar surface area (TPSA) is 80.7 Å². The standard InChI is InChI=1S/C26H27N3O2/c1-18-13-19(16-30-23-8-4-21(5-9-23)25-3-2-12-29-25)15-20(14-18)17-31-24-10-6-22(7-11-24)26(27)28/h4-11,13-15H,2-3,12,16-17H2,1H3,(H3,27,28). The maximum Gasteiger partial charge on any atom is 0.122 e. The van der Waals surface area contributed by atoms with Crippen molar-refractivity contribution in [1.29, 1.82) is 5.41 Å². The average molecular weight is 414 g/mol. The Labute approximate surface area is 183 Å². The van der Waals surface area contributed by atoms with Gasteiger partial charge >= 0.3 is 0 Å². The van der Waals surface area contributed by atoms with Crippen molar-refractivity contribution < 1.29 is 9.47 Å². The smallest absolute Gasteiger partial charge is 0.122 e. The Bertz CT molecular complexity index is 1090. The Balaban J connectivity index is 1.35. The lowest BCUT2D eigenvalue weighted by molar-refractivity contribution is 0.299. The molecule has 0 atom stereocenters. The van der Waals surface area contributed by atoms with E-state index in [0.29, 0.717) is 18.8 Å². The van der Waals surface area contributed by atoms with Crippen LogP contribution in [-0.4, -0.2) is 18.1 Å². The summed E-state index contributed by atoms with van der Waals surface area (Å²) in [6.07, 6.45) is 2.21. The van der Waals surface area contributed by atoms with E-state index >= 15 is 0 Å². The van der Waals surface area contributed by atoms with Crippen LogP contribution in [0.1, 0.15) is 40.7 Å². The normalized spacial score (nSPS) is 13.0. The maximum atomic E-state index is 7.46. The highest BCUT2D eigenvalue weighted by Crippen LogP contribution is 2.20. The zero-order chi connectivity index (χ0) is 21.6. The van der Waals surface area contributed by atoms with E-state index in [-0.39, 0.29) is 5.84 Å². The van der Waals surface area contributed by atoms with Crippen LogP contribution >= 0.6 is 0 Å². The quantitative estimate of drug-likeness (QED) is 0.402. The van der Waals surface area contributed by atoms with Crippen molar-refractivity contribution >= 4 is 11.5 Å². The molecular formula is C26H27N3O2. The number of rotatable bonds is 8. The number of nitrogens with one attached hydrogen (secondary N) is 1. The van der Waals surface area contributed by atoms with Gasteiger partial charge in [0.2, 0.25) is 0 Å². The molecule has 0 aliphatic carbocycles. The van der Waals surface area contributed by atoms with Crippen LogP contribution in [0.15, 0.2) is 71.7 Å². The van der Waals surface area contributed by atoms with E-state index in [0.717, 1.165) is 42.0 Å². The van der Waals surface area contributed by atoms with E-state index in [1.807, 2.05) is 24.3 Å². The highest BCUT2D eigenvalue weighted by molar-refractivity contribution is 6.01. The first-order chi connectivity index (χ1) is 15.1. The fraction of sp³-hybridized carbons (Fsp3) is 0.231. The van der Waals surface area contributed by atoms with Crippen molar-refractivity contribution in [3.05, 3.63) is 94.5 Å². The molecule has 0 amide bonds. The molecule has 0 unspecified atom stereocenters. The Kier molecular flexibility index (Phi) is 6.32. The third kappa shape index (κ3) is 5.51. The van der Waals surface area contributed by atoms with Gasteiger partial charge in [-0.05, 0) is 91.1 Å². The van der Waals surface area contributed by atoms with Gasteiger partial charge in [-0.2, -0.15) is 0 Å². The van der Waals surface area contributed by atoms with Crippen LogP contribution in [0.25, 0.3) is 0 Å². The number of benzene rings is 3. The summed E-state index contributed by atoms with van der Waals surface area (Å²) in [6, 6.07) is 21.8. The fourth-order valence-corrected chi connectivity index (χ4v) is 3.70. The zero-order valence-corrected chi connectivity index (χ0v) is 17.7. The third-order valence-corrected chi connectivity index (χ3v) is 5.24. The zero-order valence-electron chi connectivity index (χ0n) is 17.7. The van der Waals surface area contributed by atoms with Gasteiger partial charge in [0, 0.05) is 17.8 Å². The Morgan fingerprint density at radius 2 is 1.48 bits per heavy atom. The van der Waals surface area contributed by atoms with E-state index in [1.54, 1.807) is 12.1 Å². The van der Waals surface area contributed by atoms with Gasteiger partial charge in [0.1, 0.15) is 30.5 Å². The van der Waals surface area contributed by atoms with Crippen LogP contribution in [0, 0.1) is 12.3 Å². The number of aliphatic imine (C=N–C) groups is 1.